The summed E-state index contributed by atoms with van der Waals surface area (Å²) < 4.78 is 4.99. The SMILES string of the molecule is Cc1cc(C(C)Nc2ccc(Cl)nc2C(=O)O)cc(N2CCOC2=O)c1.Cc1ccccc1. The smallest absolute Gasteiger partial charge is 0.414 e. The van der Waals surface area contributed by atoms with E-state index in [1.54, 1.807) is 11.0 Å². The molecule has 2 N–H and O–H groups in total. The summed E-state index contributed by atoms with van der Waals surface area (Å²) in [4.78, 5) is 28.6. The van der Waals surface area contributed by atoms with Crippen LogP contribution in [0.5, 0.6) is 0 Å². The molecule has 0 bridgehead atoms. The van der Waals surface area contributed by atoms with Crippen molar-refractivity contribution < 1.29 is 19.4 Å². The van der Waals surface area contributed by atoms with Crippen LogP contribution in [0, 0.1) is 13.8 Å². The van der Waals surface area contributed by atoms with Gasteiger partial charge in [0.25, 0.3) is 0 Å². The maximum Gasteiger partial charge on any atom is 0.414 e. The Kier molecular flexibility index (Phi) is 7.90. The number of anilines is 2. The fourth-order valence-electron chi connectivity index (χ4n) is 3.39. The summed E-state index contributed by atoms with van der Waals surface area (Å²) in [5.74, 6) is -1.16. The number of halogens is 1. The van der Waals surface area contributed by atoms with Crippen molar-refractivity contribution in [2.75, 3.05) is 23.4 Å². The molecule has 1 aromatic heterocycles. The monoisotopic (exact) mass is 467 g/mol. The van der Waals surface area contributed by atoms with E-state index in [1.165, 1.54) is 11.6 Å². The lowest BCUT2D eigenvalue weighted by Gasteiger charge is -2.20. The molecule has 1 aliphatic heterocycles. The molecule has 0 saturated carbocycles. The minimum Gasteiger partial charge on any atom is -0.476 e. The van der Waals surface area contributed by atoms with E-state index in [0.29, 0.717) is 18.8 Å². The number of hydrogen-bond acceptors (Lipinski definition) is 5. The zero-order valence-corrected chi connectivity index (χ0v) is 19.5. The van der Waals surface area contributed by atoms with E-state index >= 15 is 0 Å². The van der Waals surface area contributed by atoms with Crippen molar-refractivity contribution in [2.24, 2.45) is 0 Å². The summed E-state index contributed by atoms with van der Waals surface area (Å²) in [7, 11) is 0. The summed E-state index contributed by atoms with van der Waals surface area (Å²) in [5.41, 5.74) is 4.20. The number of carbonyl (C=O) groups is 2. The number of cyclic esters (lactones) is 1. The molecule has 0 spiro atoms. The molecular formula is C25H26ClN3O4. The van der Waals surface area contributed by atoms with E-state index in [-0.39, 0.29) is 23.0 Å². The van der Waals surface area contributed by atoms with E-state index in [2.05, 4.69) is 29.4 Å². The van der Waals surface area contributed by atoms with Crippen LogP contribution in [0.3, 0.4) is 0 Å². The number of nitrogens with one attached hydrogen (secondary N) is 1. The van der Waals surface area contributed by atoms with Gasteiger partial charge in [-0.05, 0) is 56.2 Å². The number of aromatic carboxylic acids is 1. The molecule has 33 heavy (non-hydrogen) atoms. The van der Waals surface area contributed by atoms with Gasteiger partial charge < -0.3 is 15.2 Å². The molecule has 1 saturated heterocycles. The van der Waals surface area contributed by atoms with Gasteiger partial charge in [0.15, 0.2) is 5.69 Å². The lowest BCUT2D eigenvalue weighted by atomic mass is 10.0. The molecule has 0 radical (unpaired) electrons. The lowest BCUT2D eigenvalue weighted by molar-refractivity contribution is 0.0691. The quantitative estimate of drug-likeness (QED) is 0.456. The van der Waals surface area contributed by atoms with Crippen molar-refractivity contribution in [3.63, 3.8) is 0 Å². The molecule has 1 amide bonds. The van der Waals surface area contributed by atoms with Crippen LogP contribution in [0.2, 0.25) is 5.15 Å². The number of benzene rings is 2. The molecule has 7 nitrogen and oxygen atoms in total. The van der Waals surface area contributed by atoms with Crippen molar-refractivity contribution in [3.8, 4) is 0 Å². The maximum absolute atomic E-state index is 11.8. The van der Waals surface area contributed by atoms with Crippen molar-refractivity contribution >= 4 is 35.0 Å². The average Bonchev–Trinajstić information content (AvgIpc) is 3.21. The number of carbonyl (C=O) groups excluding carboxylic acids is 1. The summed E-state index contributed by atoms with van der Waals surface area (Å²) in [6.45, 7) is 6.80. The van der Waals surface area contributed by atoms with E-state index < -0.39 is 5.97 Å². The highest BCUT2D eigenvalue weighted by molar-refractivity contribution is 6.29. The minimum atomic E-state index is -1.16. The Labute approximate surface area is 198 Å². The molecule has 172 valence electrons. The van der Waals surface area contributed by atoms with Crippen LogP contribution in [0.4, 0.5) is 16.2 Å². The van der Waals surface area contributed by atoms with Crippen LogP contribution in [0.1, 0.15) is 40.1 Å². The number of ether oxygens (including phenoxy) is 1. The molecule has 1 unspecified atom stereocenters. The zero-order valence-electron chi connectivity index (χ0n) is 18.7. The number of pyridine rings is 1. The van der Waals surface area contributed by atoms with E-state index in [4.69, 9.17) is 16.3 Å². The lowest BCUT2D eigenvalue weighted by Crippen LogP contribution is -2.23. The molecule has 1 fully saturated rings. The third-order valence-corrected chi connectivity index (χ3v) is 5.24. The third-order valence-electron chi connectivity index (χ3n) is 5.03. The number of amides is 1. The summed E-state index contributed by atoms with van der Waals surface area (Å²) in [6, 6.07) is 18.9. The fourth-order valence-corrected chi connectivity index (χ4v) is 3.54. The van der Waals surface area contributed by atoms with Crippen LogP contribution >= 0.6 is 11.6 Å². The Morgan fingerprint density at radius 3 is 2.42 bits per heavy atom. The summed E-state index contributed by atoms with van der Waals surface area (Å²) in [6.07, 6.45) is -0.364. The number of carboxylic acids is 1. The minimum absolute atomic E-state index is 0.117. The Balaban J connectivity index is 0.000000374. The molecule has 1 aliphatic rings. The second kappa shape index (κ2) is 10.8. The van der Waals surface area contributed by atoms with Gasteiger partial charge in [-0.25, -0.2) is 14.6 Å². The van der Waals surface area contributed by atoms with Gasteiger partial charge in [0.2, 0.25) is 0 Å². The van der Waals surface area contributed by atoms with Crippen molar-refractivity contribution in [1.29, 1.82) is 0 Å². The second-order valence-corrected chi connectivity index (χ2v) is 8.11. The second-order valence-electron chi connectivity index (χ2n) is 7.72. The van der Waals surface area contributed by atoms with Crippen LogP contribution in [-0.2, 0) is 4.74 Å². The topological polar surface area (TPSA) is 91.8 Å². The molecular weight excluding hydrogens is 442 g/mol. The Morgan fingerprint density at radius 2 is 1.85 bits per heavy atom. The fraction of sp³-hybridized carbons (Fsp3) is 0.240. The first-order chi connectivity index (χ1) is 15.7. The van der Waals surface area contributed by atoms with Crippen molar-refractivity contribution in [2.45, 2.75) is 26.8 Å². The molecule has 2 aromatic carbocycles. The van der Waals surface area contributed by atoms with Gasteiger partial charge in [-0.1, -0.05) is 53.6 Å². The first-order valence-electron chi connectivity index (χ1n) is 10.5. The van der Waals surface area contributed by atoms with Gasteiger partial charge in [-0.15, -0.1) is 0 Å². The van der Waals surface area contributed by atoms with Gasteiger partial charge in [-0.3, -0.25) is 4.90 Å². The van der Waals surface area contributed by atoms with Gasteiger partial charge in [-0.2, -0.15) is 0 Å². The summed E-state index contributed by atoms with van der Waals surface area (Å²) in [5, 5.41) is 12.6. The van der Waals surface area contributed by atoms with Crippen LogP contribution in [0.15, 0.2) is 60.7 Å². The number of rotatable bonds is 5. The van der Waals surface area contributed by atoms with Gasteiger partial charge >= 0.3 is 12.1 Å². The average molecular weight is 468 g/mol. The predicted molar refractivity (Wildman–Crippen MR) is 129 cm³/mol. The van der Waals surface area contributed by atoms with Crippen LogP contribution in [0.25, 0.3) is 0 Å². The zero-order chi connectivity index (χ0) is 24.0. The Hall–Kier alpha value is -3.58. The Morgan fingerprint density at radius 1 is 1.12 bits per heavy atom. The van der Waals surface area contributed by atoms with E-state index in [1.807, 2.05) is 50.2 Å². The first-order valence-corrected chi connectivity index (χ1v) is 10.9. The first kappa shape index (κ1) is 24.1. The number of aromatic nitrogens is 1. The molecule has 1 atom stereocenters. The van der Waals surface area contributed by atoms with Crippen LogP contribution in [-0.4, -0.2) is 35.3 Å². The number of nitrogens with zero attached hydrogens (tertiary/aromatic N) is 2. The standard InChI is InChI=1S/C18H18ClN3O4.C7H8/c1-10-7-12(9-13(8-10)22-5-6-26-18(22)25)11(2)20-14-3-4-15(19)21-16(14)17(23)24;1-7-5-3-2-4-6-7/h3-4,7-9,11,20H,5-6H2,1-2H3,(H,23,24);2-6H,1H3. The van der Waals surface area contributed by atoms with Gasteiger partial charge in [0.05, 0.1) is 12.2 Å². The van der Waals surface area contributed by atoms with E-state index in [0.717, 1.165) is 16.8 Å². The molecule has 0 aliphatic carbocycles. The van der Waals surface area contributed by atoms with Crippen molar-refractivity contribution in [3.05, 3.63) is 88.2 Å². The molecule has 8 heteroatoms. The van der Waals surface area contributed by atoms with E-state index in [9.17, 15) is 14.7 Å². The van der Waals surface area contributed by atoms with Gasteiger partial charge in [0, 0.05) is 11.7 Å². The molecule has 2 heterocycles. The predicted octanol–water partition coefficient (Wildman–Crippen LogP) is 5.87. The Bertz CT molecular complexity index is 1140. The molecule has 3 aromatic rings. The highest BCUT2D eigenvalue weighted by atomic mass is 35.5. The third kappa shape index (κ3) is 6.46. The number of aryl methyl sites for hydroxylation is 2. The molecule has 4 rings (SSSR count). The number of hydrogen-bond donors (Lipinski definition) is 2. The highest BCUT2D eigenvalue weighted by Gasteiger charge is 2.24. The van der Waals surface area contributed by atoms with Crippen LogP contribution < -0.4 is 10.2 Å². The summed E-state index contributed by atoms with van der Waals surface area (Å²) >= 11 is 5.79. The van der Waals surface area contributed by atoms with Crippen molar-refractivity contribution in [1.82, 2.24) is 4.98 Å². The largest absolute Gasteiger partial charge is 0.476 e. The van der Waals surface area contributed by atoms with Gasteiger partial charge in [0.1, 0.15) is 11.8 Å². The number of carboxylic acid groups (broad SMARTS) is 1. The maximum atomic E-state index is 11.8. The highest BCUT2D eigenvalue weighted by Crippen LogP contribution is 2.28. The normalized spacial score (nSPS) is 13.6.